The van der Waals surface area contributed by atoms with Crippen molar-refractivity contribution in [3.05, 3.63) is 22.9 Å². The first-order chi connectivity index (χ1) is 9.63. The molecule has 3 rings (SSSR count). The molecule has 5 nitrogen and oxygen atoms in total. The Kier molecular flexibility index (Phi) is 3.38. The quantitative estimate of drug-likeness (QED) is 0.863. The van der Waals surface area contributed by atoms with Gasteiger partial charge in [-0.1, -0.05) is 0 Å². The second-order valence-electron chi connectivity index (χ2n) is 5.74. The fraction of sp³-hybridized carbons (Fsp3) is 0.600. The molecule has 0 spiro atoms. The molecule has 5 heteroatoms. The van der Waals surface area contributed by atoms with Gasteiger partial charge >= 0.3 is 5.97 Å². The summed E-state index contributed by atoms with van der Waals surface area (Å²) in [6.45, 7) is 0.621. The second kappa shape index (κ2) is 5.05. The van der Waals surface area contributed by atoms with Crippen molar-refractivity contribution >= 4 is 11.8 Å². The van der Waals surface area contributed by atoms with E-state index in [2.05, 4.69) is 10.3 Å². The van der Waals surface area contributed by atoms with E-state index in [4.69, 9.17) is 4.74 Å². The fourth-order valence-electron chi connectivity index (χ4n) is 3.04. The summed E-state index contributed by atoms with van der Waals surface area (Å²) < 4.78 is 5.55. The largest absolute Gasteiger partial charge is 0.478 e. The lowest BCUT2D eigenvalue weighted by molar-refractivity contribution is -0.0601. The predicted octanol–water partition coefficient (Wildman–Crippen LogP) is 2.25. The van der Waals surface area contributed by atoms with Crippen LogP contribution in [0, 0.1) is 0 Å². The molecule has 2 aliphatic rings. The van der Waals surface area contributed by atoms with Crippen LogP contribution in [0.3, 0.4) is 0 Å². The van der Waals surface area contributed by atoms with Gasteiger partial charge in [-0.2, -0.15) is 0 Å². The summed E-state index contributed by atoms with van der Waals surface area (Å²) in [6, 6.07) is 1.78. The molecule has 0 atom stereocenters. The molecule has 0 aromatic carbocycles. The van der Waals surface area contributed by atoms with Crippen LogP contribution in [0.15, 0.2) is 6.07 Å². The first-order valence-electron chi connectivity index (χ1n) is 7.19. The van der Waals surface area contributed by atoms with Crippen LogP contribution in [0.25, 0.3) is 0 Å². The van der Waals surface area contributed by atoms with Crippen molar-refractivity contribution in [1.29, 1.82) is 0 Å². The normalized spacial score (nSPS) is 19.2. The van der Waals surface area contributed by atoms with Crippen LogP contribution in [0.2, 0.25) is 0 Å². The lowest BCUT2D eigenvalue weighted by Gasteiger charge is -2.40. The molecule has 0 aliphatic heterocycles. The van der Waals surface area contributed by atoms with Crippen LogP contribution in [0.5, 0.6) is 0 Å². The smallest absolute Gasteiger partial charge is 0.339 e. The number of methoxy groups -OCH3 is 1. The van der Waals surface area contributed by atoms with Gasteiger partial charge < -0.3 is 15.2 Å². The monoisotopic (exact) mass is 276 g/mol. The van der Waals surface area contributed by atoms with Gasteiger partial charge in [-0.15, -0.1) is 0 Å². The van der Waals surface area contributed by atoms with E-state index in [1.54, 1.807) is 13.2 Å². The summed E-state index contributed by atoms with van der Waals surface area (Å²) in [6.07, 6.45) is 6.14. The van der Waals surface area contributed by atoms with Crippen LogP contribution in [-0.4, -0.2) is 35.3 Å². The van der Waals surface area contributed by atoms with E-state index in [-0.39, 0.29) is 11.2 Å². The van der Waals surface area contributed by atoms with Crippen LogP contribution in [0.1, 0.15) is 47.3 Å². The molecule has 0 saturated heterocycles. The van der Waals surface area contributed by atoms with Gasteiger partial charge in [-0.3, -0.25) is 0 Å². The van der Waals surface area contributed by atoms with Crippen LogP contribution >= 0.6 is 0 Å². The number of hydrogen-bond acceptors (Lipinski definition) is 4. The Hall–Kier alpha value is -1.62. The predicted molar refractivity (Wildman–Crippen MR) is 75.3 cm³/mol. The third-order valence-electron chi connectivity index (χ3n) is 4.56. The number of aromatic carboxylic acids is 1. The topological polar surface area (TPSA) is 71.5 Å². The van der Waals surface area contributed by atoms with Crippen molar-refractivity contribution < 1.29 is 14.6 Å². The maximum Gasteiger partial charge on any atom is 0.339 e. The summed E-state index contributed by atoms with van der Waals surface area (Å²) in [5, 5.41) is 12.5. The summed E-state index contributed by atoms with van der Waals surface area (Å²) >= 11 is 0. The van der Waals surface area contributed by atoms with E-state index in [0.29, 0.717) is 12.4 Å². The molecule has 0 radical (unpaired) electrons. The highest BCUT2D eigenvalue weighted by Crippen LogP contribution is 2.35. The van der Waals surface area contributed by atoms with Crippen molar-refractivity contribution in [3.8, 4) is 0 Å². The first-order valence-corrected chi connectivity index (χ1v) is 7.19. The number of fused-ring (bicyclic) bond motifs is 1. The number of nitrogens with one attached hydrogen (secondary N) is 1. The van der Waals surface area contributed by atoms with Crippen molar-refractivity contribution in [3.63, 3.8) is 0 Å². The number of anilines is 1. The molecule has 0 unspecified atom stereocenters. The Labute approximate surface area is 118 Å². The van der Waals surface area contributed by atoms with Crippen molar-refractivity contribution in [2.45, 2.75) is 44.1 Å². The number of nitrogens with zero attached hydrogens (tertiary/aromatic N) is 1. The highest BCUT2D eigenvalue weighted by Gasteiger charge is 2.37. The zero-order valence-electron chi connectivity index (χ0n) is 11.7. The minimum atomic E-state index is -0.922. The Bertz CT molecular complexity index is 533. The molecule has 1 heterocycles. The molecule has 0 bridgehead atoms. The molecule has 1 fully saturated rings. The highest BCUT2D eigenvalue weighted by atomic mass is 16.5. The van der Waals surface area contributed by atoms with Gasteiger partial charge in [0, 0.05) is 19.3 Å². The number of pyridine rings is 1. The molecule has 108 valence electrons. The average Bonchev–Trinajstić information content (AvgIpc) is 2.84. The third kappa shape index (κ3) is 2.26. The summed E-state index contributed by atoms with van der Waals surface area (Å²) in [4.78, 5) is 15.9. The SMILES string of the molecule is COC1(CNc2nc3c(cc2C(=O)O)CCC3)CCC1. The van der Waals surface area contributed by atoms with Crippen molar-refractivity contribution in [2.75, 3.05) is 19.0 Å². The van der Waals surface area contributed by atoms with Gasteiger partial charge in [0.05, 0.1) is 5.60 Å². The van der Waals surface area contributed by atoms with E-state index >= 15 is 0 Å². The fourth-order valence-corrected chi connectivity index (χ4v) is 3.04. The van der Waals surface area contributed by atoms with E-state index in [9.17, 15) is 9.90 Å². The second-order valence-corrected chi connectivity index (χ2v) is 5.74. The summed E-state index contributed by atoms with van der Waals surface area (Å²) in [5.41, 5.74) is 2.25. The number of hydrogen-bond donors (Lipinski definition) is 2. The van der Waals surface area contributed by atoms with E-state index in [0.717, 1.165) is 43.4 Å². The van der Waals surface area contributed by atoms with Crippen molar-refractivity contribution in [1.82, 2.24) is 4.98 Å². The molecule has 0 amide bonds. The van der Waals surface area contributed by atoms with Gasteiger partial charge in [0.1, 0.15) is 11.4 Å². The molecule has 1 saturated carbocycles. The summed E-state index contributed by atoms with van der Waals surface area (Å²) in [7, 11) is 1.72. The van der Waals surface area contributed by atoms with Crippen LogP contribution < -0.4 is 5.32 Å². The lowest BCUT2D eigenvalue weighted by atomic mass is 9.80. The number of rotatable bonds is 5. The number of aromatic nitrogens is 1. The number of carboxylic acids is 1. The minimum absolute atomic E-state index is 0.142. The zero-order chi connectivity index (χ0) is 14.2. The minimum Gasteiger partial charge on any atom is -0.478 e. The average molecular weight is 276 g/mol. The van der Waals surface area contributed by atoms with Crippen molar-refractivity contribution in [2.24, 2.45) is 0 Å². The third-order valence-corrected chi connectivity index (χ3v) is 4.56. The molecule has 1 aromatic rings. The van der Waals surface area contributed by atoms with E-state index < -0.39 is 5.97 Å². The van der Waals surface area contributed by atoms with Gasteiger partial charge in [0.25, 0.3) is 0 Å². The molecule has 2 N–H and O–H groups in total. The molecular formula is C15H20N2O3. The highest BCUT2D eigenvalue weighted by molar-refractivity contribution is 5.93. The molecule has 20 heavy (non-hydrogen) atoms. The maximum atomic E-state index is 11.4. The number of carbonyl (C=O) groups is 1. The first kappa shape index (κ1) is 13.4. The lowest BCUT2D eigenvalue weighted by Crippen LogP contribution is -2.45. The molecule has 1 aromatic heterocycles. The summed E-state index contributed by atoms with van der Waals surface area (Å²) in [5.74, 6) is -0.434. The van der Waals surface area contributed by atoms with E-state index in [1.165, 1.54) is 6.42 Å². The van der Waals surface area contributed by atoms with E-state index in [1.807, 2.05) is 0 Å². The molecule has 2 aliphatic carbocycles. The van der Waals surface area contributed by atoms with Gasteiger partial charge in [0.2, 0.25) is 0 Å². The Morgan fingerprint density at radius 1 is 1.45 bits per heavy atom. The maximum absolute atomic E-state index is 11.4. The zero-order valence-corrected chi connectivity index (χ0v) is 11.7. The Morgan fingerprint density at radius 2 is 2.25 bits per heavy atom. The number of carboxylic acid groups (broad SMARTS) is 1. The standard InChI is InChI=1S/C15H20N2O3/c1-20-15(6-3-7-15)9-16-13-11(14(18)19)8-10-4-2-5-12(10)17-13/h8H,2-7,9H2,1H3,(H,16,17)(H,18,19). The van der Waals surface area contributed by atoms with Gasteiger partial charge in [-0.25, -0.2) is 9.78 Å². The molecular weight excluding hydrogens is 256 g/mol. The van der Waals surface area contributed by atoms with Crippen LogP contribution in [0.4, 0.5) is 5.82 Å². The van der Waals surface area contributed by atoms with Gasteiger partial charge in [0.15, 0.2) is 0 Å². The van der Waals surface area contributed by atoms with Gasteiger partial charge in [-0.05, 0) is 50.2 Å². The number of ether oxygens (including phenoxy) is 1. The van der Waals surface area contributed by atoms with Crippen LogP contribution in [-0.2, 0) is 17.6 Å². The number of aryl methyl sites for hydroxylation is 2. The Balaban J connectivity index is 1.82. The Morgan fingerprint density at radius 3 is 2.85 bits per heavy atom.